The van der Waals surface area contributed by atoms with Crippen LogP contribution in [-0.2, 0) is 0 Å². The molecule has 0 bridgehead atoms. The summed E-state index contributed by atoms with van der Waals surface area (Å²) in [4.78, 5) is 4.09. The highest BCUT2D eigenvalue weighted by Crippen LogP contribution is 2.35. The third kappa shape index (κ3) is 3.09. The summed E-state index contributed by atoms with van der Waals surface area (Å²) in [5.74, 6) is 1.14. The number of nitrogen functional groups attached to an aromatic ring is 1. The number of aromatic nitrogens is 1. The number of aryl methyl sites for hydroxylation is 1. The van der Waals surface area contributed by atoms with E-state index >= 15 is 0 Å². The molecule has 0 atom stereocenters. The smallest absolute Gasteiger partial charge is 0.244 e. The Morgan fingerprint density at radius 1 is 1.38 bits per heavy atom. The lowest BCUT2D eigenvalue weighted by Gasteiger charge is -2.15. The van der Waals surface area contributed by atoms with E-state index in [0.717, 1.165) is 11.1 Å². The van der Waals surface area contributed by atoms with Gasteiger partial charge in [-0.15, -0.1) is 0 Å². The molecule has 0 unspecified atom stereocenters. The minimum Gasteiger partial charge on any atom is -0.437 e. The van der Waals surface area contributed by atoms with Gasteiger partial charge in [-0.25, -0.2) is 4.98 Å². The number of hydrogen-bond acceptors (Lipinski definition) is 4. The Morgan fingerprint density at radius 2 is 2.10 bits per heavy atom. The summed E-state index contributed by atoms with van der Waals surface area (Å²) in [5, 5.41) is 9.70. The van der Waals surface area contributed by atoms with Crippen LogP contribution < -0.4 is 10.5 Å². The lowest BCUT2D eigenvalue weighted by molar-refractivity contribution is 0.461. The first-order chi connectivity index (χ1) is 9.93. The number of ether oxygens (including phenoxy) is 1. The van der Waals surface area contributed by atoms with Crippen molar-refractivity contribution in [3.63, 3.8) is 0 Å². The fourth-order valence-corrected chi connectivity index (χ4v) is 2.39. The summed E-state index contributed by atoms with van der Waals surface area (Å²) >= 11 is 6.24. The van der Waals surface area contributed by atoms with Gasteiger partial charge in [0.1, 0.15) is 17.5 Å². The Morgan fingerprint density at radius 3 is 2.71 bits per heavy atom. The third-order valence-corrected chi connectivity index (χ3v) is 3.52. The lowest BCUT2D eigenvalue weighted by Crippen LogP contribution is -2.00. The molecule has 21 heavy (non-hydrogen) atoms. The van der Waals surface area contributed by atoms with Crippen LogP contribution in [0.2, 0.25) is 5.02 Å². The Bertz CT molecular complexity index is 720. The van der Waals surface area contributed by atoms with Gasteiger partial charge in [0.25, 0.3) is 0 Å². The summed E-state index contributed by atoms with van der Waals surface area (Å²) in [5.41, 5.74) is 8.34. The summed E-state index contributed by atoms with van der Waals surface area (Å²) in [7, 11) is 0. The first-order valence-electron chi connectivity index (χ1n) is 6.56. The lowest BCUT2D eigenvalue weighted by atomic mass is 10.0. The van der Waals surface area contributed by atoms with Crippen molar-refractivity contribution in [2.24, 2.45) is 0 Å². The molecule has 0 saturated heterocycles. The molecule has 1 heterocycles. The Labute approximate surface area is 129 Å². The third-order valence-electron chi connectivity index (χ3n) is 3.20. The average Bonchev–Trinajstić information content (AvgIpc) is 2.43. The summed E-state index contributed by atoms with van der Waals surface area (Å²) in [6.45, 7) is 6.02. The molecule has 108 valence electrons. The van der Waals surface area contributed by atoms with Gasteiger partial charge in [0, 0.05) is 11.2 Å². The highest BCUT2D eigenvalue weighted by atomic mass is 35.5. The summed E-state index contributed by atoms with van der Waals surface area (Å²) in [6.07, 6.45) is 1.50. The maximum absolute atomic E-state index is 8.99. The van der Waals surface area contributed by atoms with Gasteiger partial charge in [-0.3, -0.25) is 0 Å². The molecule has 2 rings (SSSR count). The predicted octanol–water partition coefficient (Wildman–Crippen LogP) is 4.41. The van der Waals surface area contributed by atoms with Crippen molar-refractivity contribution < 1.29 is 4.74 Å². The molecule has 2 N–H and O–H groups in total. The topological polar surface area (TPSA) is 71.9 Å². The van der Waals surface area contributed by atoms with Gasteiger partial charge in [0.05, 0.1) is 5.56 Å². The van der Waals surface area contributed by atoms with Crippen LogP contribution in [-0.4, -0.2) is 4.98 Å². The number of benzene rings is 1. The van der Waals surface area contributed by atoms with Gasteiger partial charge in [0.2, 0.25) is 5.88 Å². The van der Waals surface area contributed by atoms with Crippen LogP contribution in [0.3, 0.4) is 0 Å². The first kappa shape index (κ1) is 15.1. The van der Waals surface area contributed by atoms with Gasteiger partial charge in [0.15, 0.2) is 0 Å². The minimum absolute atomic E-state index is 0.231. The maximum atomic E-state index is 8.99. The van der Waals surface area contributed by atoms with Crippen molar-refractivity contribution in [2.45, 2.75) is 26.7 Å². The van der Waals surface area contributed by atoms with E-state index in [9.17, 15) is 0 Å². The van der Waals surface area contributed by atoms with E-state index in [1.54, 1.807) is 6.07 Å². The van der Waals surface area contributed by atoms with E-state index in [2.05, 4.69) is 18.8 Å². The highest BCUT2D eigenvalue weighted by Gasteiger charge is 2.13. The highest BCUT2D eigenvalue weighted by molar-refractivity contribution is 6.31. The SMILES string of the molecule is Cc1cc(Cl)c(C(C)C)cc1Oc1nccc(C#N)c1N. The van der Waals surface area contributed by atoms with Crippen molar-refractivity contribution in [3.8, 4) is 17.7 Å². The molecule has 0 aliphatic rings. The molecule has 1 aromatic heterocycles. The number of anilines is 1. The van der Waals surface area contributed by atoms with Crippen LogP contribution in [0.15, 0.2) is 24.4 Å². The molecular formula is C16H16ClN3O. The zero-order valence-corrected chi connectivity index (χ0v) is 12.9. The molecule has 4 nitrogen and oxygen atoms in total. The number of hydrogen-bond donors (Lipinski definition) is 1. The second-order valence-corrected chi connectivity index (χ2v) is 5.49. The maximum Gasteiger partial charge on any atom is 0.244 e. The van der Waals surface area contributed by atoms with Gasteiger partial charge < -0.3 is 10.5 Å². The minimum atomic E-state index is 0.231. The number of nitrogens with two attached hydrogens (primary N) is 1. The number of pyridine rings is 1. The van der Waals surface area contributed by atoms with Crippen LogP contribution in [0, 0.1) is 18.3 Å². The Balaban J connectivity index is 2.45. The average molecular weight is 302 g/mol. The fraction of sp³-hybridized carbons (Fsp3) is 0.250. The van der Waals surface area contributed by atoms with Crippen molar-refractivity contribution in [1.29, 1.82) is 5.26 Å². The molecule has 0 fully saturated rings. The van der Waals surface area contributed by atoms with Crippen LogP contribution >= 0.6 is 11.6 Å². The molecule has 0 spiro atoms. The molecule has 0 radical (unpaired) electrons. The molecular weight excluding hydrogens is 286 g/mol. The van der Waals surface area contributed by atoms with Crippen LogP contribution in [0.25, 0.3) is 0 Å². The van der Waals surface area contributed by atoms with Gasteiger partial charge >= 0.3 is 0 Å². The fourth-order valence-electron chi connectivity index (χ4n) is 1.96. The molecule has 1 aromatic carbocycles. The molecule has 5 heteroatoms. The quantitative estimate of drug-likeness (QED) is 0.911. The molecule has 0 amide bonds. The Hall–Kier alpha value is -2.25. The van der Waals surface area contributed by atoms with E-state index in [-0.39, 0.29) is 17.5 Å². The number of nitriles is 1. The van der Waals surface area contributed by atoms with E-state index in [1.165, 1.54) is 6.20 Å². The predicted molar refractivity (Wildman–Crippen MR) is 83.7 cm³/mol. The second-order valence-electron chi connectivity index (χ2n) is 5.09. The summed E-state index contributed by atoms with van der Waals surface area (Å²) in [6, 6.07) is 7.31. The molecule has 0 saturated carbocycles. The molecule has 2 aromatic rings. The number of halogens is 1. The standard InChI is InChI=1S/C16H16ClN3O/c1-9(2)12-7-14(10(3)6-13(12)17)21-16-15(19)11(8-18)4-5-20-16/h4-7,9H,19H2,1-3H3. The van der Waals surface area contributed by atoms with Crippen molar-refractivity contribution in [2.75, 3.05) is 5.73 Å². The van der Waals surface area contributed by atoms with Crippen LogP contribution in [0.4, 0.5) is 5.69 Å². The first-order valence-corrected chi connectivity index (χ1v) is 6.94. The largest absolute Gasteiger partial charge is 0.437 e. The molecule has 0 aliphatic carbocycles. The zero-order chi connectivity index (χ0) is 15.6. The van der Waals surface area contributed by atoms with Crippen LogP contribution in [0.1, 0.15) is 36.5 Å². The monoisotopic (exact) mass is 301 g/mol. The van der Waals surface area contributed by atoms with Gasteiger partial charge in [-0.1, -0.05) is 25.4 Å². The summed E-state index contributed by atoms with van der Waals surface area (Å²) < 4.78 is 5.78. The van der Waals surface area contributed by atoms with E-state index in [4.69, 9.17) is 27.3 Å². The van der Waals surface area contributed by atoms with Gasteiger partial charge in [-0.2, -0.15) is 5.26 Å². The van der Waals surface area contributed by atoms with E-state index in [1.807, 2.05) is 25.1 Å². The number of nitrogens with zero attached hydrogens (tertiary/aromatic N) is 2. The van der Waals surface area contributed by atoms with E-state index in [0.29, 0.717) is 16.3 Å². The zero-order valence-electron chi connectivity index (χ0n) is 12.1. The van der Waals surface area contributed by atoms with Crippen LogP contribution in [0.5, 0.6) is 11.6 Å². The number of rotatable bonds is 3. The van der Waals surface area contributed by atoms with Crippen molar-refractivity contribution in [3.05, 3.63) is 46.1 Å². The van der Waals surface area contributed by atoms with Crippen molar-refractivity contribution in [1.82, 2.24) is 4.98 Å². The normalized spacial score (nSPS) is 10.5. The molecule has 0 aliphatic heterocycles. The van der Waals surface area contributed by atoms with Gasteiger partial charge in [-0.05, 0) is 42.2 Å². The second kappa shape index (κ2) is 6.02. The van der Waals surface area contributed by atoms with E-state index < -0.39 is 0 Å². The Kier molecular flexibility index (Phi) is 4.35. The van der Waals surface area contributed by atoms with Crippen molar-refractivity contribution >= 4 is 17.3 Å².